The van der Waals surface area contributed by atoms with Crippen LogP contribution < -0.4 is 0 Å². The van der Waals surface area contributed by atoms with Crippen LogP contribution in [0.1, 0.15) is 68.7 Å². The lowest BCUT2D eigenvalue weighted by Gasteiger charge is -2.19. The summed E-state index contributed by atoms with van der Waals surface area (Å²) in [6.45, 7) is 11.4. The van der Waals surface area contributed by atoms with Gasteiger partial charge in [0, 0.05) is 0 Å². The molecule has 0 heterocycles. The van der Waals surface area contributed by atoms with Crippen LogP contribution in [0, 0.1) is 0 Å². The molecule has 0 bridgehead atoms. The molecule has 3 aromatic rings. The summed E-state index contributed by atoms with van der Waals surface area (Å²) in [5, 5.41) is 0. The first kappa shape index (κ1) is 18.7. The molecule has 0 heteroatoms. The van der Waals surface area contributed by atoms with Gasteiger partial charge >= 0.3 is 0 Å². The van der Waals surface area contributed by atoms with E-state index >= 15 is 0 Å². The molecule has 0 unspecified atom stereocenters. The van der Waals surface area contributed by atoms with Crippen LogP contribution in [0.5, 0.6) is 0 Å². The first-order valence-corrected chi connectivity index (χ1v) is 10.5. The third kappa shape index (κ3) is 3.44. The Labute approximate surface area is 169 Å². The smallest absolute Gasteiger partial charge is 0.00298 e. The van der Waals surface area contributed by atoms with Gasteiger partial charge in [0.25, 0.3) is 0 Å². The largest absolute Gasteiger partial charge is 0.0683 e. The molecule has 0 saturated carbocycles. The van der Waals surface area contributed by atoms with Gasteiger partial charge in [-0.2, -0.15) is 0 Å². The average Bonchev–Trinajstić information content (AvgIpc) is 3.07. The standard InChI is InChI=1S/C28H30/c1-18(2)23-15-24(19(3)4)17-25(16-23)28-26(21-9-7-6-8-10-21)12-11-22-13-20(5)14-27(22)28/h6-12,14-19H,13H2,1-5H3. The van der Waals surface area contributed by atoms with Crippen molar-refractivity contribution in [1.82, 2.24) is 0 Å². The van der Waals surface area contributed by atoms with Gasteiger partial charge in [-0.05, 0) is 69.7 Å². The van der Waals surface area contributed by atoms with E-state index in [-0.39, 0.29) is 0 Å². The molecule has 28 heavy (non-hydrogen) atoms. The molecule has 0 N–H and O–H groups in total. The summed E-state index contributed by atoms with van der Waals surface area (Å²) in [5.74, 6) is 1.04. The maximum atomic E-state index is 2.42. The topological polar surface area (TPSA) is 0 Å². The van der Waals surface area contributed by atoms with E-state index in [2.05, 4.69) is 101 Å². The minimum Gasteiger partial charge on any atom is -0.0683 e. The molecular formula is C28H30. The Hall–Kier alpha value is -2.60. The number of rotatable bonds is 4. The number of fused-ring (bicyclic) bond motifs is 1. The van der Waals surface area contributed by atoms with Crippen LogP contribution in [0.4, 0.5) is 0 Å². The number of hydrogen-bond donors (Lipinski definition) is 0. The molecule has 0 saturated heterocycles. The fourth-order valence-corrected chi connectivity index (χ4v) is 4.24. The predicted octanol–water partition coefficient (Wildman–Crippen LogP) is 8.23. The minimum atomic E-state index is 0.520. The highest BCUT2D eigenvalue weighted by Gasteiger charge is 2.20. The molecule has 0 nitrogen and oxygen atoms in total. The van der Waals surface area contributed by atoms with Crippen LogP contribution in [0.15, 0.2) is 66.2 Å². The molecule has 0 amide bonds. The predicted molar refractivity (Wildman–Crippen MR) is 123 cm³/mol. The Kier molecular flexibility index (Phi) is 4.98. The molecule has 142 valence electrons. The number of benzene rings is 3. The van der Waals surface area contributed by atoms with Gasteiger partial charge in [0.05, 0.1) is 0 Å². The molecule has 4 rings (SSSR count). The molecule has 1 aliphatic carbocycles. The Morgan fingerprint density at radius 1 is 0.714 bits per heavy atom. The van der Waals surface area contributed by atoms with Crippen LogP contribution in [-0.2, 0) is 6.42 Å². The summed E-state index contributed by atoms with van der Waals surface area (Å²) in [6.07, 6.45) is 3.46. The van der Waals surface area contributed by atoms with Gasteiger partial charge in [-0.3, -0.25) is 0 Å². The van der Waals surface area contributed by atoms with Gasteiger partial charge in [-0.15, -0.1) is 0 Å². The Morgan fingerprint density at radius 3 is 1.96 bits per heavy atom. The molecule has 3 aromatic carbocycles. The normalized spacial score (nSPS) is 13.2. The maximum absolute atomic E-state index is 2.42. The van der Waals surface area contributed by atoms with E-state index in [1.54, 1.807) is 0 Å². The zero-order chi connectivity index (χ0) is 19.8. The first-order chi connectivity index (χ1) is 13.4. The maximum Gasteiger partial charge on any atom is -0.00298 e. The van der Waals surface area contributed by atoms with E-state index in [0.717, 1.165) is 6.42 Å². The average molecular weight is 367 g/mol. The third-order valence-electron chi connectivity index (χ3n) is 5.88. The van der Waals surface area contributed by atoms with Crippen LogP contribution in [0.25, 0.3) is 28.3 Å². The second-order valence-corrected chi connectivity index (χ2v) is 8.79. The van der Waals surface area contributed by atoms with Gasteiger partial charge in [0.2, 0.25) is 0 Å². The summed E-state index contributed by atoms with van der Waals surface area (Å²) in [7, 11) is 0. The number of allylic oxidation sites excluding steroid dienone is 1. The molecule has 0 aliphatic heterocycles. The van der Waals surface area contributed by atoms with Gasteiger partial charge in [0.1, 0.15) is 0 Å². The lowest BCUT2D eigenvalue weighted by molar-refractivity contribution is 0.834. The Balaban J connectivity index is 2.03. The monoisotopic (exact) mass is 366 g/mol. The Morgan fingerprint density at radius 2 is 1.36 bits per heavy atom. The highest BCUT2D eigenvalue weighted by molar-refractivity contribution is 5.92. The summed E-state index contributed by atoms with van der Waals surface area (Å²) in [6, 6.07) is 22.7. The summed E-state index contributed by atoms with van der Waals surface area (Å²) in [4.78, 5) is 0. The lowest BCUT2D eigenvalue weighted by Crippen LogP contribution is -1.98. The zero-order valence-corrected chi connectivity index (χ0v) is 17.7. The summed E-state index contributed by atoms with van der Waals surface area (Å²) >= 11 is 0. The van der Waals surface area contributed by atoms with Crippen molar-refractivity contribution >= 4 is 6.08 Å². The molecule has 0 fully saturated rings. The second kappa shape index (κ2) is 7.43. The number of hydrogen-bond acceptors (Lipinski definition) is 0. The lowest BCUT2D eigenvalue weighted by atomic mass is 9.85. The highest BCUT2D eigenvalue weighted by Crippen LogP contribution is 2.42. The minimum absolute atomic E-state index is 0.520. The fraction of sp³-hybridized carbons (Fsp3) is 0.286. The van der Waals surface area contributed by atoms with Gasteiger partial charge in [-0.1, -0.05) is 100 Å². The Bertz CT molecular complexity index is 1010. The summed E-state index contributed by atoms with van der Waals surface area (Å²) in [5.41, 5.74) is 12.5. The van der Waals surface area contributed by atoms with Crippen LogP contribution in [-0.4, -0.2) is 0 Å². The van der Waals surface area contributed by atoms with E-state index in [1.165, 1.54) is 50.1 Å². The van der Waals surface area contributed by atoms with Gasteiger partial charge in [0.15, 0.2) is 0 Å². The third-order valence-corrected chi connectivity index (χ3v) is 5.88. The molecule has 0 atom stereocenters. The molecule has 1 aliphatic rings. The first-order valence-electron chi connectivity index (χ1n) is 10.5. The molecule has 0 spiro atoms. The second-order valence-electron chi connectivity index (χ2n) is 8.79. The molecule has 0 aromatic heterocycles. The fourth-order valence-electron chi connectivity index (χ4n) is 4.24. The van der Waals surface area contributed by atoms with E-state index < -0.39 is 0 Å². The van der Waals surface area contributed by atoms with Crippen molar-refractivity contribution in [3.05, 3.63) is 88.5 Å². The van der Waals surface area contributed by atoms with Crippen LogP contribution >= 0.6 is 0 Å². The van der Waals surface area contributed by atoms with Crippen molar-refractivity contribution in [1.29, 1.82) is 0 Å². The molecule has 0 radical (unpaired) electrons. The SMILES string of the molecule is CC1=Cc2c(ccc(-c3ccccc3)c2-c2cc(C(C)C)cc(C(C)C)c2)C1. The highest BCUT2D eigenvalue weighted by atomic mass is 14.2. The zero-order valence-electron chi connectivity index (χ0n) is 17.7. The van der Waals surface area contributed by atoms with E-state index in [0.29, 0.717) is 11.8 Å². The van der Waals surface area contributed by atoms with Crippen molar-refractivity contribution in [2.75, 3.05) is 0 Å². The van der Waals surface area contributed by atoms with Gasteiger partial charge in [-0.25, -0.2) is 0 Å². The summed E-state index contributed by atoms with van der Waals surface area (Å²) < 4.78 is 0. The van der Waals surface area contributed by atoms with Crippen molar-refractivity contribution < 1.29 is 0 Å². The quantitative estimate of drug-likeness (QED) is 0.436. The van der Waals surface area contributed by atoms with Crippen molar-refractivity contribution in [2.45, 2.75) is 52.9 Å². The van der Waals surface area contributed by atoms with E-state index in [9.17, 15) is 0 Å². The molecular weight excluding hydrogens is 336 g/mol. The van der Waals surface area contributed by atoms with Crippen LogP contribution in [0.2, 0.25) is 0 Å². The van der Waals surface area contributed by atoms with E-state index in [4.69, 9.17) is 0 Å². The van der Waals surface area contributed by atoms with Crippen LogP contribution in [0.3, 0.4) is 0 Å². The van der Waals surface area contributed by atoms with Crippen molar-refractivity contribution in [3.63, 3.8) is 0 Å². The van der Waals surface area contributed by atoms with Gasteiger partial charge < -0.3 is 0 Å². The van der Waals surface area contributed by atoms with E-state index in [1.807, 2.05) is 0 Å². The van der Waals surface area contributed by atoms with Crippen molar-refractivity contribution in [3.8, 4) is 22.3 Å². The van der Waals surface area contributed by atoms with Crippen molar-refractivity contribution in [2.24, 2.45) is 0 Å².